The van der Waals surface area contributed by atoms with E-state index in [2.05, 4.69) is 227 Å². The number of hydrogen-bond donors (Lipinski definition) is 0. The van der Waals surface area contributed by atoms with E-state index in [4.69, 9.17) is 9.40 Å². The van der Waals surface area contributed by atoms with Gasteiger partial charge in [0.2, 0.25) is 0 Å². The van der Waals surface area contributed by atoms with Gasteiger partial charge < -0.3 is 18.1 Å². The topological polar surface area (TPSA) is 45.8 Å². The second-order valence-corrected chi connectivity index (χ2v) is 17.8. The molecular formula is C60H41N5O. The highest BCUT2D eigenvalue weighted by molar-refractivity contribution is 6.15. The number of benzene rings is 9. The maximum absolute atomic E-state index is 6.55. The first-order chi connectivity index (χ1) is 32.5. The number of aryl methyl sites for hydroxylation is 3. The monoisotopic (exact) mass is 847 g/mol. The van der Waals surface area contributed by atoms with Crippen molar-refractivity contribution in [3.05, 3.63) is 211 Å². The van der Waals surface area contributed by atoms with Crippen molar-refractivity contribution in [2.24, 2.45) is 0 Å². The second-order valence-electron chi connectivity index (χ2n) is 17.8. The minimum absolute atomic E-state index is 0.851. The molecule has 9 aromatic carbocycles. The Hall–Kier alpha value is -8.61. The minimum atomic E-state index is 0.851. The molecule has 0 saturated carbocycles. The van der Waals surface area contributed by atoms with Crippen LogP contribution in [-0.4, -0.2) is 23.3 Å². The predicted octanol–water partition coefficient (Wildman–Crippen LogP) is 15.7. The lowest BCUT2D eigenvalue weighted by Gasteiger charge is -2.14. The SMILES string of the molecule is Cc1cc(C)c(-c2nccn2-c2ccc3oc4ccc(-n5c6ccc(-n7c8ccccc8c8ccccc87)cc6c6cc(-n7c8ccccc8c8ccccc87)ccc65)cc4c3c2)c(C)c1. The van der Waals surface area contributed by atoms with E-state index >= 15 is 0 Å². The summed E-state index contributed by atoms with van der Waals surface area (Å²) in [5, 5.41) is 9.48. The van der Waals surface area contributed by atoms with Crippen molar-refractivity contribution in [1.82, 2.24) is 23.3 Å². The summed E-state index contributed by atoms with van der Waals surface area (Å²) in [6, 6.07) is 66.5. The fourth-order valence-corrected chi connectivity index (χ4v) is 11.2. The van der Waals surface area contributed by atoms with Gasteiger partial charge >= 0.3 is 0 Å². The molecule has 0 atom stereocenters. The molecule has 312 valence electrons. The minimum Gasteiger partial charge on any atom is -0.456 e. The highest BCUT2D eigenvalue weighted by atomic mass is 16.3. The van der Waals surface area contributed by atoms with E-state index < -0.39 is 0 Å². The van der Waals surface area contributed by atoms with Crippen LogP contribution >= 0.6 is 0 Å². The summed E-state index contributed by atoms with van der Waals surface area (Å²) in [6.07, 6.45) is 3.95. The number of rotatable bonds is 5. The molecule has 0 unspecified atom stereocenters. The van der Waals surface area contributed by atoms with Gasteiger partial charge in [-0.25, -0.2) is 4.98 Å². The van der Waals surface area contributed by atoms with E-state index in [9.17, 15) is 0 Å². The average Bonchev–Trinajstić information content (AvgIpc) is 4.17. The lowest BCUT2D eigenvalue weighted by molar-refractivity contribution is 0.669. The quantitative estimate of drug-likeness (QED) is 0.173. The first-order valence-electron chi connectivity index (χ1n) is 22.6. The summed E-state index contributed by atoms with van der Waals surface area (Å²) in [7, 11) is 0. The zero-order chi connectivity index (χ0) is 43.8. The van der Waals surface area contributed by atoms with E-state index in [0.717, 1.165) is 61.5 Å². The van der Waals surface area contributed by atoms with Gasteiger partial charge in [-0.05, 0) is 129 Å². The standard InChI is InChI=1S/C60H41N5O/c1-36-30-37(2)59(38(3)31-36)60-61-28-29-62(60)39-22-26-57-49(32-39)50-35-42(23-27-58(50)66-57)65-55-24-20-40(63-51-16-8-4-12-43(51)44-13-5-9-17-52(44)63)33-47(55)48-34-41(21-25-56(48)65)64-53-18-10-6-14-45(53)46-15-7-11-19-54(46)64/h4-35H,1-3H3. The molecule has 5 heterocycles. The van der Waals surface area contributed by atoms with Crippen molar-refractivity contribution in [3.63, 3.8) is 0 Å². The first kappa shape index (κ1) is 36.8. The number of para-hydroxylation sites is 4. The molecule has 0 amide bonds. The molecule has 14 rings (SSSR count). The van der Waals surface area contributed by atoms with Crippen LogP contribution < -0.4 is 0 Å². The van der Waals surface area contributed by atoms with E-state index in [1.54, 1.807) is 0 Å². The van der Waals surface area contributed by atoms with Gasteiger partial charge in [0.1, 0.15) is 17.0 Å². The molecule has 6 nitrogen and oxygen atoms in total. The zero-order valence-corrected chi connectivity index (χ0v) is 36.6. The number of nitrogens with zero attached hydrogens (tertiary/aromatic N) is 5. The maximum atomic E-state index is 6.55. The Balaban J connectivity index is 1.00. The van der Waals surface area contributed by atoms with Gasteiger partial charge in [-0.15, -0.1) is 0 Å². The number of aromatic nitrogens is 5. The molecule has 0 saturated heterocycles. The molecule has 0 aliphatic rings. The molecule has 5 aromatic heterocycles. The summed E-state index contributed by atoms with van der Waals surface area (Å²) in [5.74, 6) is 0.934. The van der Waals surface area contributed by atoms with Gasteiger partial charge in [0.25, 0.3) is 0 Å². The normalized spacial score (nSPS) is 12.2. The van der Waals surface area contributed by atoms with Gasteiger partial charge in [-0.1, -0.05) is 90.5 Å². The van der Waals surface area contributed by atoms with E-state index in [0.29, 0.717) is 0 Å². The Morgan fingerprint density at radius 2 is 0.742 bits per heavy atom. The van der Waals surface area contributed by atoms with Crippen molar-refractivity contribution in [2.45, 2.75) is 20.8 Å². The predicted molar refractivity (Wildman–Crippen MR) is 274 cm³/mol. The van der Waals surface area contributed by atoms with Gasteiger partial charge in [-0.2, -0.15) is 0 Å². The Morgan fingerprint density at radius 3 is 1.21 bits per heavy atom. The summed E-state index contributed by atoms with van der Waals surface area (Å²) < 4.78 is 16.0. The van der Waals surface area contributed by atoms with Crippen molar-refractivity contribution in [3.8, 4) is 34.1 Å². The first-order valence-corrected chi connectivity index (χ1v) is 22.6. The fraction of sp³-hybridized carbons (Fsp3) is 0.0500. The van der Waals surface area contributed by atoms with Crippen molar-refractivity contribution in [2.75, 3.05) is 0 Å². The molecule has 0 aliphatic heterocycles. The molecule has 0 radical (unpaired) electrons. The molecule has 6 heteroatoms. The lowest BCUT2D eigenvalue weighted by Crippen LogP contribution is -2.00. The van der Waals surface area contributed by atoms with Crippen LogP contribution in [0.4, 0.5) is 0 Å². The van der Waals surface area contributed by atoms with Gasteiger partial charge in [0.05, 0.1) is 33.1 Å². The summed E-state index contributed by atoms with van der Waals surface area (Å²) in [4.78, 5) is 4.89. The van der Waals surface area contributed by atoms with Crippen LogP contribution in [0.1, 0.15) is 16.7 Å². The highest BCUT2D eigenvalue weighted by Gasteiger charge is 2.21. The van der Waals surface area contributed by atoms with E-state index in [1.165, 1.54) is 76.6 Å². The summed E-state index contributed by atoms with van der Waals surface area (Å²) in [5.41, 5.74) is 17.9. The number of fused-ring (bicyclic) bond motifs is 12. The number of imidazole rings is 1. The Kier molecular flexibility index (Phi) is 7.64. The van der Waals surface area contributed by atoms with Crippen molar-refractivity contribution in [1.29, 1.82) is 0 Å². The van der Waals surface area contributed by atoms with Gasteiger partial charge in [-0.3, -0.25) is 4.57 Å². The molecule has 0 spiro atoms. The number of furan rings is 1. The van der Waals surface area contributed by atoms with E-state index in [-0.39, 0.29) is 0 Å². The van der Waals surface area contributed by atoms with Crippen molar-refractivity contribution >= 4 is 87.4 Å². The zero-order valence-electron chi connectivity index (χ0n) is 36.6. The van der Waals surface area contributed by atoms with Crippen LogP contribution in [0.5, 0.6) is 0 Å². The molecule has 0 N–H and O–H groups in total. The van der Waals surface area contributed by atoms with Crippen LogP contribution in [0.25, 0.3) is 121 Å². The smallest absolute Gasteiger partial charge is 0.144 e. The lowest BCUT2D eigenvalue weighted by atomic mass is 9.99. The van der Waals surface area contributed by atoms with Crippen LogP contribution in [0, 0.1) is 20.8 Å². The molecule has 66 heavy (non-hydrogen) atoms. The maximum Gasteiger partial charge on any atom is 0.144 e. The Morgan fingerprint density at radius 1 is 0.364 bits per heavy atom. The van der Waals surface area contributed by atoms with Crippen LogP contribution in [0.3, 0.4) is 0 Å². The fourth-order valence-electron chi connectivity index (χ4n) is 11.2. The molecule has 0 fully saturated rings. The largest absolute Gasteiger partial charge is 0.456 e. The third kappa shape index (κ3) is 5.21. The molecule has 0 aliphatic carbocycles. The third-order valence-electron chi connectivity index (χ3n) is 13.9. The Bertz CT molecular complexity index is 4040. The van der Waals surface area contributed by atoms with Crippen molar-refractivity contribution < 1.29 is 4.42 Å². The second kappa shape index (κ2) is 13.7. The summed E-state index contributed by atoms with van der Waals surface area (Å²) >= 11 is 0. The molecule has 0 bridgehead atoms. The molecule has 14 aromatic rings. The van der Waals surface area contributed by atoms with Crippen LogP contribution in [-0.2, 0) is 0 Å². The molecular weight excluding hydrogens is 807 g/mol. The number of hydrogen-bond acceptors (Lipinski definition) is 2. The van der Waals surface area contributed by atoms with Crippen LogP contribution in [0.2, 0.25) is 0 Å². The van der Waals surface area contributed by atoms with Gasteiger partial charge in [0, 0.05) is 83.8 Å². The van der Waals surface area contributed by atoms with Crippen LogP contribution in [0.15, 0.2) is 199 Å². The van der Waals surface area contributed by atoms with Gasteiger partial charge in [0.15, 0.2) is 0 Å². The summed E-state index contributed by atoms with van der Waals surface area (Å²) in [6.45, 7) is 6.50. The van der Waals surface area contributed by atoms with E-state index in [1.807, 2.05) is 6.20 Å². The average molecular weight is 848 g/mol. The Labute approximate surface area is 379 Å². The third-order valence-corrected chi connectivity index (χ3v) is 13.9. The highest BCUT2D eigenvalue weighted by Crippen LogP contribution is 2.41.